The first-order valence-corrected chi connectivity index (χ1v) is 7.37. The minimum absolute atomic E-state index is 0.0885. The zero-order valence-corrected chi connectivity index (χ0v) is 14.6. The molecule has 0 radical (unpaired) electrons. The third-order valence-corrected chi connectivity index (χ3v) is 4.40. The van der Waals surface area contributed by atoms with Crippen molar-refractivity contribution < 1.29 is 19.2 Å². The van der Waals surface area contributed by atoms with Crippen LogP contribution in [0.4, 0.5) is 0 Å². The number of rotatable bonds is 0. The maximum atomic E-state index is 11.0. The molecule has 0 heterocycles. The van der Waals surface area contributed by atoms with E-state index in [1.807, 2.05) is 0 Å². The molecule has 0 aliphatic heterocycles. The van der Waals surface area contributed by atoms with E-state index in [-0.39, 0.29) is 10.1 Å². The third-order valence-electron chi connectivity index (χ3n) is 2.17. The fourth-order valence-electron chi connectivity index (χ4n) is 1.10. The molecule has 4 nitrogen and oxygen atoms in total. The van der Waals surface area contributed by atoms with Gasteiger partial charge in [0.25, 0.3) is 0 Å². The van der Waals surface area contributed by atoms with E-state index < -0.39 is 43.3 Å². The quantitative estimate of drug-likeness (QED) is 0.555. The summed E-state index contributed by atoms with van der Waals surface area (Å²) in [5.74, 6) is -2.31. The van der Waals surface area contributed by atoms with E-state index in [0.29, 0.717) is 0 Å². The van der Waals surface area contributed by atoms with Gasteiger partial charge < -0.3 is 0 Å². The summed E-state index contributed by atoms with van der Waals surface area (Å²) in [6.07, 6.45) is 2.01. The largest absolute Gasteiger partial charge is 0.288 e. The third kappa shape index (κ3) is 4.22. The van der Waals surface area contributed by atoms with Crippen molar-refractivity contribution in [2.75, 3.05) is 0 Å². The first kappa shape index (κ1) is 19.4. The van der Waals surface area contributed by atoms with Gasteiger partial charge in [0.2, 0.25) is 11.6 Å². The van der Waals surface area contributed by atoms with Crippen molar-refractivity contribution in [3.8, 4) is 0 Å². The van der Waals surface area contributed by atoms with Crippen molar-refractivity contribution in [3.63, 3.8) is 0 Å². The van der Waals surface area contributed by atoms with Crippen LogP contribution in [0.15, 0.2) is 42.3 Å². The Morgan fingerprint density at radius 2 is 0.727 bits per heavy atom. The first-order valence-electron chi connectivity index (χ1n) is 5.11. The molecule has 0 bridgehead atoms. The van der Waals surface area contributed by atoms with E-state index in [4.69, 9.17) is 69.6 Å². The van der Waals surface area contributed by atoms with Crippen LogP contribution in [0.25, 0.3) is 0 Å². The molecule has 0 amide bonds. The molecule has 0 aromatic rings. The van der Waals surface area contributed by atoms with Gasteiger partial charge in [-0.25, -0.2) is 0 Å². The Labute approximate surface area is 153 Å². The number of halogens is 6. The lowest BCUT2D eigenvalue weighted by molar-refractivity contribution is -0.114. The smallest absolute Gasteiger partial charge is 0.219 e. The molecule has 0 N–H and O–H groups in total. The molecule has 2 aliphatic rings. The number of carbonyl (C=O) groups excluding carboxylic acids is 4. The van der Waals surface area contributed by atoms with Crippen molar-refractivity contribution in [1.82, 2.24) is 0 Å². The fraction of sp³-hybridized carbons (Fsp3) is 0. The van der Waals surface area contributed by atoms with Crippen LogP contribution < -0.4 is 0 Å². The summed E-state index contributed by atoms with van der Waals surface area (Å²) in [6, 6.07) is 0. The first-order chi connectivity index (χ1) is 10.1. The standard InChI is InChI=1S/C6Cl4O2.C6H2Cl2O2/c7-1-2(8)6(12)4(10)3(9)5(1)11;7-3-1-5(9)4(8)2-6(3)10/h;1-2H. The molecule has 0 atom stereocenters. The molecule has 10 heteroatoms. The molecule has 0 fully saturated rings. The van der Waals surface area contributed by atoms with Gasteiger partial charge in [0, 0.05) is 12.2 Å². The Morgan fingerprint density at radius 3 is 0.955 bits per heavy atom. The topological polar surface area (TPSA) is 68.3 Å². The summed E-state index contributed by atoms with van der Waals surface area (Å²) in [6.45, 7) is 0. The summed E-state index contributed by atoms with van der Waals surface area (Å²) in [5.41, 5.74) is 0. The zero-order chi connectivity index (χ0) is 17.2. The lowest BCUT2D eigenvalue weighted by Gasteiger charge is -2.08. The minimum Gasteiger partial charge on any atom is -0.288 e. The van der Waals surface area contributed by atoms with Crippen LogP contribution in [0.5, 0.6) is 0 Å². The monoisotopic (exact) mass is 420 g/mol. The molecule has 0 unspecified atom stereocenters. The van der Waals surface area contributed by atoms with E-state index in [2.05, 4.69) is 0 Å². The second kappa shape index (κ2) is 7.77. The van der Waals surface area contributed by atoms with Crippen LogP contribution in [-0.2, 0) is 19.2 Å². The maximum Gasteiger partial charge on any atom is 0.219 e. The lowest BCUT2D eigenvalue weighted by Crippen LogP contribution is -2.14. The molecule has 0 aromatic heterocycles. The number of hydrogen-bond donors (Lipinski definition) is 0. The average Bonchev–Trinajstić information content (AvgIpc) is 2.48. The molecular weight excluding hydrogens is 421 g/mol. The highest BCUT2D eigenvalue weighted by Gasteiger charge is 2.31. The van der Waals surface area contributed by atoms with Gasteiger partial charge in [-0.3, -0.25) is 19.2 Å². The number of Topliss-reactive ketones (excluding diaryl/α,β-unsaturated/α-hetero) is 2. The van der Waals surface area contributed by atoms with E-state index in [0.717, 1.165) is 12.2 Å². The molecule has 22 heavy (non-hydrogen) atoms. The normalized spacial score (nSPS) is 19.0. The Bertz CT molecular complexity index is 636. The van der Waals surface area contributed by atoms with E-state index >= 15 is 0 Å². The van der Waals surface area contributed by atoms with Gasteiger partial charge in [-0.05, 0) is 0 Å². The predicted molar refractivity (Wildman–Crippen MR) is 85.4 cm³/mol. The number of hydrogen-bond acceptors (Lipinski definition) is 4. The molecule has 0 spiro atoms. The van der Waals surface area contributed by atoms with Crippen LogP contribution in [0.3, 0.4) is 0 Å². The summed E-state index contributed by atoms with van der Waals surface area (Å²) in [7, 11) is 0. The average molecular weight is 423 g/mol. The molecule has 0 aromatic carbocycles. The zero-order valence-electron chi connectivity index (χ0n) is 10.1. The van der Waals surface area contributed by atoms with Gasteiger partial charge >= 0.3 is 0 Å². The van der Waals surface area contributed by atoms with Crippen LogP contribution in [0.2, 0.25) is 0 Å². The Kier molecular flexibility index (Phi) is 6.86. The minimum atomic E-state index is -0.729. The van der Waals surface area contributed by atoms with Crippen molar-refractivity contribution in [2.24, 2.45) is 0 Å². The summed E-state index contributed by atoms with van der Waals surface area (Å²) in [4.78, 5) is 43.3. The summed E-state index contributed by atoms with van der Waals surface area (Å²) in [5, 5.41) is -1.75. The van der Waals surface area contributed by atoms with E-state index in [1.165, 1.54) is 0 Å². The SMILES string of the molecule is O=C1C(Cl)=C(Cl)C(=O)C(Cl)=C1Cl.O=C1C=C(Cl)C(=O)C=C1Cl. The number of ketones is 4. The Balaban J connectivity index is 0.000000224. The fourth-order valence-corrected chi connectivity index (χ4v) is 2.23. The Hall–Kier alpha value is -0.620. The number of carbonyl (C=O) groups is 4. The number of allylic oxidation sites excluding steroid dienone is 8. The van der Waals surface area contributed by atoms with Gasteiger partial charge in [-0.15, -0.1) is 0 Å². The Morgan fingerprint density at radius 1 is 0.500 bits per heavy atom. The van der Waals surface area contributed by atoms with Crippen molar-refractivity contribution >= 4 is 92.7 Å². The highest BCUT2D eigenvalue weighted by atomic mass is 35.5. The van der Waals surface area contributed by atoms with E-state index in [9.17, 15) is 19.2 Å². The molecule has 2 aliphatic carbocycles. The second-order valence-electron chi connectivity index (χ2n) is 3.63. The predicted octanol–water partition coefficient (Wildman–Crippen LogP) is 3.90. The molecular formula is C12H2Cl6O4. The summed E-state index contributed by atoms with van der Waals surface area (Å²) < 4.78 is 0. The highest BCUT2D eigenvalue weighted by Crippen LogP contribution is 2.32. The van der Waals surface area contributed by atoms with Crippen molar-refractivity contribution in [3.05, 3.63) is 42.3 Å². The molecule has 0 saturated heterocycles. The van der Waals surface area contributed by atoms with E-state index in [1.54, 1.807) is 0 Å². The van der Waals surface area contributed by atoms with Crippen LogP contribution in [0, 0.1) is 0 Å². The molecule has 2 rings (SSSR count). The molecule has 0 saturated carbocycles. The van der Waals surface area contributed by atoms with Gasteiger partial charge in [0.15, 0.2) is 11.6 Å². The van der Waals surface area contributed by atoms with Crippen molar-refractivity contribution in [1.29, 1.82) is 0 Å². The van der Waals surface area contributed by atoms with Crippen LogP contribution in [-0.4, -0.2) is 23.1 Å². The van der Waals surface area contributed by atoms with Crippen LogP contribution in [0.1, 0.15) is 0 Å². The highest BCUT2D eigenvalue weighted by molar-refractivity contribution is 6.69. The lowest BCUT2D eigenvalue weighted by atomic mass is 10.1. The van der Waals surface area contributed by atoms with Gasteiger partial charge in [-0.1, -0.05) is 69.6 Å². The van der Waals surface area contributed by atoms with Gasteiger partial charge in [-0.2, -0.15) is 0 Å². The van der Waals surface area contributed by atoms with Crippen molar-refractivity contribution in [2.45, 2.75) is 0 Å². The second-order valence-corrected chi connectivity index (χ2v) is 5.95. The van der Waals surface area contributed by atoms with Crippen LogP contribution >= 0.6 is 69.6 Å². The maximum absolute atomic E-state index is 11.0. The summed E-state index contributed by atoms with van der Waals surface area (Å²) >= 11 is 32.1. The van der Waals surface area contributed by atoms with Gasteiger partial charge in [0.05, 0.1) is 10.1 Å². The molecule has 116 valence electrons. The van der Waals surface area contributed by atoms with Gasteiger partial charge in [0.1, 0.15) is 20.1 Å².